The Morgan fingerprint density at radius 2 is 1.94 bits per heavy atom. The molecule has 10 nitrogen and oxygen atoms in total. The van der Waals surface area contributed by atoms with Gasteiger partial charge in [0, 0.05) is 14.2 Å². The topological polar surface area (TPSA) is 133 Å². The molecule has 4 rings (SSSR count). The zero-order valence-electron chi connectivity index (χ0n) is 18.2. The molecule has 0 aliphatic carbocycles. The second-order valence-corrected chi connectivity index (χ2v) is 7.76. The first-order valence-corrected chi connectivity index (χ1v) is 10.4. The van der Waals surface area contributed by atoms with Crippen LogP contribution >= 0.6 is 0 Å². The Bertz CT molecular complexity index is 1100. The summed E-state index contributed by atoms with van der Waals surface area (Å²) in [5, 5.41) is 34.9. The van der Waals surface area contributed by atoms with Crippen LogP contribution < -0.4 is 4.74 Å². The number of carbonyl (C=O) groups is 1. The van der Waals surface area contributed by atoms with Gasteiger partial charge in [0.1, 0.15) is 30.7 Å². The van der Waals surface area contributed by atoms with Crippen LogP contribution in [0.25, 0.3) is 10.9 Å². The third-order valence-electron chi connectivity index (χ3n) is 5.60. The minimum atomic E-state index is -1.51. The van der Waals surface area contributed by atoms with E-state index < -0.39 is 43.3 Å². The fraction of sp³-hybridized carbons (Fsp3) is 0.391. The Kier molecular flexibility index (Phi) is 6.91. The van der Waals surface area contributed by atoms with Gasteiger partial charge in [-0.25, -0.2) is 4.79 Å². The molecule has 1 fully saturated rings. The van der Waals surface area contributed by atoms with Crippen LogP contribution in [0.1, 0.15) is 15.9 Å². The lowest BCUT2D eigenvalue weighted by Crippen LogP contribution is -2.60. The molecule has 1 saturated heterocycles. The number of benzene rings is 2. The van der Waals surface area contributed by atoms with E-state index in [1.54, 1.807) is 30.1 Å². The van der Waals surface area contributed by atoms with E-state index in [1.165, 1.54) is 7.11 Å². The van der Waals surface area contributed by atoms with Crippen molar-refractivity contribution in [2.75, 3.05) is 13.7 Å². The van der Waals surface area contributed by atoms with Crippen molar-refractivity contribution in [3.63, 3.8) is 0 Å². The molecule has 3 aromatic rings. The van der Waals surface area contributed by atoms with Crippen molar-refractivity contribution in [3.05, 3.63) is 59.8 Å². The van der Waals surface area contributed by atoms with Crippen molar-refractivity contribution in [3.8, 4) is 5.75 Å². The summed E-state index contributed by atoms with van der Waals surface area (Å²) < 4.78 is 23.6. The predicted octanol–water partition coefficient (Wildman–Crippen LogP) is 0.763. The van der Waals surface area contributed by atoms with Crippen molar-refractivity contribution in [1.29, 1.82) is 0 Å². The lowest BCUT2D eigenvalue weighted by molar-refractivity contribution is -0.293. The van der Waals surface area contributed by atoms with Crippen LogP contribution in [0.3, 0.4) is 0 Å². The highest BCUT2D eigenvalue weighted by Gasteiger charge is 2.47. The second kappa shape index (κ2) is 9.86. The van der Waals surface area contributed by atoms with Crippen LogP contribution in [0.15, 0.2) is 48.7 Å². The number of aryl methyl sites for hydroxylation is 1. The normalized spacial score (nSPS) is 25.2. The van der Waals surface area contributed by atoms with Crippen molar-refractivity contribution < 1.29 is 39.1 Å². The molecule has 176 valence electrons. The lowest BCUT2D eigenvalue weighted by atomic mass is 9.99. The molecular weight excluding hydrogens is 432 g/mol. The highest BCUT2D eigenvalue weighted by Crippen LogP contribution is 2.30. The fourth-order valence-corrected chi connectivity index (χ4v) is 3.75. The summed E-state index contributed by atoms with van der Waals surface area (Å²) in [6.07, 6.45) is -4.86. The van der Waals surface area contributed by atoms with E-state index in [2.05, 4.69) is 5.10 Å². The van der Waals surface area contributed by atoms with E-state index in [1.807, 2.05) is 30.3 Å². The van der Waals surface area contributed by atoms with Gasteiger partial charge in [0.05, 0.1) is 29.3 Å². The first kappa shape index (κ1) is 23.1. The van der Waals surface area contributed by atoms with Gasteiger partial charge in [-0.15, -0.1) is 0 Å². The van der Waals surface area contributed by atoms with Crippen LogP contribution in [0.5, 0.6) is 5.75 Å². The minimum Gasteiger partial charge on any atom is -0.488 e. The Labute approximate surface area is 189 Å². The molecule has 0 spiro atoms. The van der Waals surface area contributed by atoms with Crippen LogP contribution in [-0.2, 0) is 27.9 Å². The number of aliphatic hydroxyl groups is 3. The first-order valence-electron chi connectivity index (χ1n) is 10.4. The number of nitrogens with zero attached hydrogens (tertiary/aromatic N) is 2. The van der Waals surface area contributed by atoms with Gasteiger partial charge in [0.2, 0.25) is 0 Å². The van der Waals surface area contributed by atoms with Gasteiger partial charge in [-0.05, 0) is 17.7 Å². The number of hydrogen-bond donors (Lipinski definition) is 3. The van der Waals surface area contributed by atoms with Gasteiger partial charge >= 0.3 is 5.97 Å². The summed E-state index contributed by atoms with van der Waals surface area (Å²) >= 11 is 0. The maximum Gasteiger partial charge on any atom is 0.338 e. The molecule has 2 heterocycles. The summed E-state index contributed by atoms with van der Waals surface area (Å²) in [7, 11) is 3.05. The van der Waals surface area contributed by atoms with E-state index in [0.717, 1.165) is 10.9 Å². The summed E-state index contributed by atoms with van der Waals surface area (Å²) in [5.41, 5.74) is 1.77. The molecule has 1 aromatic heterocycles. The van der Waals surface area contributed by atoms with Crippen LogP contribution in [0.2, 0.25) is 0 Å². The summed E-state index contributed by atoms with van der Waals surface area (Å²) in [4.78, 5) is 13.0. The van der Waals surface area contributed by atoms with E-state index in [0.29, 0.717) is 17.9 Å². The van der Waals surface area contributed by atoms with E-state index in [9.17, 15) is 20.1 Å². The SMILES string of the molecule is CO[C@H]1O[C@H](CO)[C@@H](O)[C@H](O)[C@H]1OC(=O)c1cc(OCc2ccccc2)c2cnn(C)c2c1. The van der Waals surface area contributed by atoms with E-state index >= 15 is 0 Å². The van der Waals surface area contributed by atoms with Gasteiger partial charge < -0.3 is 34.3 Å². The van der Waals surface area contributed by atoms with Gasteiger partial charge in [0.15, 0.2) is 12.4 Å². The van der Waals surface area contributed by atoms with Crippen LogP contribution in [0, 0.1) is 0 Å². The number of aromatic nitrogens is 2. The first-order chi connectivity index (χ1) is 15.9. The molecular formula is C23H26N2O8. The molecule has 3 N–H and O–H groups in total. The number of esters is 1. The molecule has 5 atom stereocenters. The minimum absolute atomic E-state index is 0.162. The number of methoxy groups -OCH3 is 1. The van der Waals surface area contributed by atoms with Gasteiger partial charge in [-0.2, -0.15) is 5.10 Å². The van der Waals surface area contributed by atoms with Gasteiger partial charge in [-0.3, -0.25) is 4.68 Å². The standard InChI is InChI=1S/C23H26N2O8/c1-25-16-8-14(9-17(15(16)10-24-25)31-12-13-6-4-3-5-7-13)22(29)33-21-20(28)19(27)18(11-26)32-23(21)30-2/h3-10,18-21,23,26-28H,11-12H2,1-2H3/t18-,19-,20+,21-,23+/m1/s1. The Hall–Kier alpha value is -3.02. The molecule has 1 aliphatic rings. The van der Waals surface area contributed by atoms with Gasteiger partial charge in [-0.1, -0.05) is 30.3 Å². The molecule has 0 saturated carbocycles. The highest BCUT2D eigenvalue weighted by atomic mass is 16.7. The van der Waals surface area contributed by atoms with Crippen molar-refractivity contribution >= 4 is 16.9 Å². The number of carbonyl (C=O) groups excluding carboxylic acids is 1. The van der Waals surface area contributed by atoms with Crippen molar-refractivity contribution in [2.45, 2.75) is 37.3 Å². The largest absolute Gasteiger partial charge is 0.488 e. The highest BCUT2D eigenvalue weighted by molar-refractivity contribution is 5.97. The zero-order chi connectivity index (χ0) is 23.5. The second-order valence-electron chi connectivity index (χ2n) is 7.76. The van der Waals surface area contributed by atoms with Crippen molar-refractivity contribution in [2.24, 2.45) is 7.05 Å². The summed E-state index contributed by atoms with van der Waals surface area (Å²) in [5.74, 6) is -0.326. The van der Waals surface area contributed by atoms with Crippen LogP contribution in [-0.4, -0.2) is 75.5 Å². The zero-order valence-corrected chi connectivity index (χ0v) is 18.2. The summed E-state index contributed by atoms with van der Waals surface area (Å²) in [6.45, 7) is -0.239. The quantitative estimate of drug-likeness (QED) is 0.439. The number of rotatable bonds is 7. The fourth-order valence-electron chi connectivity index (χ4n) is 3.75. The average Bonchev–Trinajstić information content (AvgIpc) is 3.22. The molecule has 0 amide bonds. The molecule has 2 aromatic carbocycles. The monoisotopic (exact) mass is 458 g/mol. The predicted molar refractivity (Wildman–Crippen MR) is 115 cm³/mol. The lowest BCUT2D eigenvalue weighted by Gasteiger charge is -2.40. The molecule has 33 heavy (non-hydrogen) atoms. The van der Waals surface area contributed by atoms with Gasteiger partial charge in [0.25, 0.3) is 0 Å². The Balaban J connectivity index is 1.59. The molecule has 0 radical (unpaired) electrons. The van der Waals surface area contributed by atoms with E-state index in [4.69, 9.17) is 18.9 Å². The summed E-state index contributed by atoms with van der Waals surface area (Å²) in [6, 6.07) is 12.7. The maximum absolute atomic E-state index is 13.0. The average molecular weight is 458 g/mol. The number of fused-ring (bicyclic) bond motifs is 1. The third kappa shape index (κ3) is 4.70. The number of ether oxygens (including phenoxy) is 4. The van der Waals surface area contributed by atoms with Crippen molar-refractivity contribution in [1.82, 2.24) is 9.78 Å². The number of aliphatic hydroxyl groups excluding tert-OH is 3. The third-order valence-corrected chi connectivity index (χ3v) is 5.60. The van der Waals surface area contributed by atoms with Crippen LogP contribution in [0.4, 0.5) is 0 Å². The maximum atomic E-state index is 13.0. The Morgan fingerprint density at radius 3 is 2.64 bits per heavy atom. The Morgan fingerprint density at radius 1 is 1.18 bits per heavy atom. The molecule has 0 bridgehead atoms. The smallest absolute Gasteiger partial charge is 0.338 e. The number of hydrogen-bond acceptors (Lipinski definition) is 9. The molecule has 0 unspecified atom stereocenters. The molecule has 1 aliphatic heterocycles. The molecule has 10 heteroatoms. The van der Waals surface area contributed by atoms with E-state index in [-0.39, 0.29) is 5.56 Å².